The quantitative estimate of drug-likeness (QED) is 0.785. The molecule has 1 unspecified atom stereocenters. The molecule has 2 aromatic rings. The second kappa shape index (κ2) is 6.88. The Morgan fingerprint density at radius 1 is 1.05 bits per heavy atom. The molecule has 0 aliphatic heterocycles. The number of carbonyl (C=O) groups excluding carboxylic acids is 1. The van der Waals surface area contributed by atoms with E-state index in [1.54, 1.807) is 12.1 Å². The van der Waals surface area contributed by atoms with E-state index in [-0.39, 0.29) is 24.5 Å². The number of benzene rings is 2. The van der Waals surface area contributed by atoms with E-state index in [0.29, 0.717) is 5.75 Å². The number of rotatable bonds is 5. The zero-order valence-corrected chi connectivity index (χ0v) is 12.0. The molecule has 110 valence electrons. The summed E-state index contributed by atoms with van der Waals surface area (Å²) in [7, 11) is 0. The van der Waals surface area contributed by atoms with Crippen molar-refractivity contribution in [2.75, 3.05) is 6.61 Å². The van der Waals surface area contributed by atoms with Crippen molar-refractivity contribution in [2.24, 2.45) is 0 Å². The van der Waals surface area contributed by atoms with E-state index >= 15 is 0 Å². The molecule has 0 bridgehead atoms. The minimum atomic E-state index is -0.322. The Labute approximate surface area is 123 Å². The number of hydrogen-bond acceptors (Lipinski definition) is 3. The highest BCUT2D eigenvalue weighted by atomic mass is 19.1. The Hall–Kier alpha value is -2.36. The normalized spacial score (nSPS) is 11.8. The lowest BCUT2D eigenvalue weighted by Crippen LogP contribution is -2.20. The van der Waals surface area contributed by atoms with E-state index in [0.717, 1.165) is 11.1 Å². The number of carbonyl (C=O) groups is 1. The van der Waals surface area contributed by atoms with E-state index in [1.165, 1.54) is 19.1 Å². The summed E-state index contributed by atoms with van der Waals surface area (Å²) in [5.41, 5.74) is 1.92. The standard InChI is InChI=1S/C17H17FO3/c1-12(11-20-13(2)19)21-17-9-5-15(6-10-17)14-3-7-16(18)8-4-14/h3-10,12H,11H2,1-2H3. The number of esters is 1. The summed E-state index contributed by atoms with van der Waals surface area (Å²) in [5.74, 6) is 0.121. The van der Waals surface area contributed by atoms with Crippen LogP contribution in [0.4, 0.5) is 4.39 Å². The molecule has 2 rings (SSSR count). The first-order chi connectivity index (χ1) is 10.0. The van der Waals surface area contributed by atoms with Gasteiger partial charge in [0.05, 0.1) is 0 Å². The van der Waals surface area contributed by atoms with Crippen LogP contribution in [0.5, 0.6) is 5.75 Å². The van der Waals surface area contributed by atoms with Gasteiger partial charge in [-0.25, -0.2) is 4.39 Å². The molecule has 3 nitrogen and oxygen atoms in total. The Morgan fingerprint density at radius 3 is 2.10 bits per heavy atom. The summed E-state index contributed by atoms with van der Waals surface area (Å²) in [6.07, 6.45) is -0.217. The maximum absolute atomic E-state index is 12.9. The molecule has 1 atom stereocenters. The molecule has 0 aliphatic carbocycles. The van der Waals surface area contributed by atoms with Gasteiger partial charge in [-0.1, -0.05) is 24.3 Å². The molecule has 4 heteroatoms. The first-order valence-electron chi connectivity index (χ1n) is 6.70. The molecule has 0 heterocycles. The molecule has 0 N–H and O–H groups in total. The first kappa shape index (κ1) is 15.0. The molecule has 0 saturated heterocycles. The average Bonchev–Trinajstić information content (AvgIpc) is 2.47. The van der Waals surface area contributed by atoms with Crippen LogP contribution in [0.2, 0.25) is 0 Å². The second-order valence-corrected chi connectivity index (χ2v) is 4.76. The fourth-order valence-corrected chi connectivity index (χ4v) is 1.87. The summed E-state index contributed by atoms with van der Waals surface area (Å²) in [5, 5.41) is 0. The summed E-state index contributed by atoms with van der Waals surface area (Å²) in [6, 6.07) is 13.8. The molecule has 2 aromatic carbocycles. The molecule has 0 radical (unpaired) electrons. The summed E-state index contributed by atoms with van der Waals surface area (Å²) >= 11 is 0. The maximum atomic E-state index is 12.9. The van der Waals surface area contributed by atoms with Gasteiger partial charge in [0.1, 0.15) is 24.3 Å². The highest BCUT2D eigenvalue weighted by molar-refractivity contribution is 5.66. The minimum Gasteiger partial charge on any atom is -0.487 e. The Kier molecular flexibility index (Phi) is 4.93. The van der Waals surface area contributed by atoms with Crippen molar-refractivity contribution in [3.8, 4) is 16.9 Å². The van der Waals surface area contributed by atoms with Gasteiger partial charge in [0.15, 0.2) is 0 Å². The van der Waals surface area contributed by atoms with Crippen LogP contribution in [0.25, 0.3) is 11.1 Å². The third-order valence-electron chi connectivity index (χ3n) is 2.89. The van der Waals surface area contributed by atoms with E-state index in [9.17, 15) is 9.18 Å². The molecule has 0 aliphatic rings. The molecule has 0 aromatic heterocycles. The third kappa shape index (κ3) is 4.60. The average molecular weight is 288 g/mol. The fraction of sp³-hybridized carbons (Fsp3) is 0.235. The number of hydrogen-bond donors (Lipinski definition) is 0. The van der Waals surface area contributed by atoms with Crippen LogP contribution in [0.15, 0.2) is 48.5 Å². The number of ether oxygens (including phenoxy) is 2. The van der Waals surface area contributed by atoms with Gasteiger partial charge in [-0.05, 0) is 42.3 Å². The highest BCUT2D eigenvalue weighted by Gasteiger charge is 2.06. The first-order valence-corrected chi connectivity index (χ1v) is 6.70. The van der Waals surface area contributed by atoms with E-state index in [4.69, 9.17) is 9.47 Å². The van der Waals surface area contributed by atoms with Gasteiger partial charge in [-0.15, -0.1) is 0 Å². The molecule has 0 spiro atoms. The van der Waals surface area contributed by atoms with Crippen molar-refractivity contribution < 1.29 is 18.7 Å². The van der Waals surface area contributed by atoms with Gasteiger partial charge >= 0.3 is 5.97 Å². The van der Waals surface area contributed by atoms with Crippen molar-refractivity contribution in [1.29, 1.82) is 0 Å². The Balaban J connectivity index is 1.98. The highest BCUT2D eigenvalue weighted by Crippen LogP contribution is 2.23. The summed E-state index contributed by atoms with van der Waals surface area (Å²) in [6.45, 7) is 3.41. The number of halogens is 1. The Bertz CT molecular complexity index is 590. The maximum Gasteiger partial charge on any atom is 0.302 e. The zero-order chi connectivity index (χ0) is 15.2. The van der Waals surface area contributed by atoms with Crippen LogP contribution in [-0.2, 0) is 9.53 Å². The predicted octanol–water partition coefficient (Wildman–Crippen LogP) is 3.82. The van der Waals surface area contributed by atoms with Crippen molar-refractivity contribution >= 4 is 5.97 Å². The lowest BCUT2D eigenvalue weighted by atomic mass is 10.1. The van der Waals surface area contributed by atoms with E-state index in [1.807, 2.05) is 31.2 Å². The second-order valence-electron chi connectivity index (χ2n) is 4.76. The van der Waals surface area contributed by atoms with Crippen LogP contribution < -0.4 is 4.74 Å². The molecular formula is C17H17FO3. The molecule has 21 heavy (non-hydrogen) atoms. The van der Waals surface area contributed by atoms with Gasteiger partial charge in [0.25, 0.3) is 0 Å². The van der Waals surface area contributed by atoms with Gasteiger partial charge in [-0.2, -0.15) is 0 Å². The van der Waals surface area contributed by atoms with Crippen LogP contribution in [0.3, 0.4) is 0 Å². The van der Waals surface area contributed by atoms with Crippen molar-refractivity contribution in [1.82, 2.24) is 0 Å². The summed E-state index contributed by atoms with van der Waals surface area (Å²) in [4.78, 5) is 10.7. The van der Waals surface area contributed by atoms with Gasteiger partial charge in [0, 0.05) is 6.92 Å². The minimum absolute atomic E-state index is 0.217. The predicted molar refractivity (Wildman–Crippen MR) is 78.6 cm³/mol. The third-order valence-corrected chi connectivity index (χ3v) is 2.89. The molecule has 0 amide bonds. The van der Waals surface area contributed by atoms with Crippen LogP contribution >= 0.6 is 0 Å². The van der Waals surface area contributed by atoms with E-state index < -0.39 is 0 Å². The Morgan fingerprint density at radius 2 is 1.57 bits per heavy atom. The SMILES string of the molecule is CC(=O)OCC(C)Oc1ccc(-c2ccc(F)cc2)cc1. The van der Waals surface area contributed by atoms with Gasteiger partial charge in [0.2, 0.25) is 0 Å². The van der Waals surface area contributed by atoms with Crippen LogP contribution in [-0.4, -0.2) is 18.7 Å². The monoisotopic (exact) mass is 288 g/mol. The fourth-order valence-electron chi connectivity index (χ4n) is 1.87. The lowest BCUT2D eigenvalue weighted by molar-refractivity contribution is -0.143. The van der Waals surface area contributed by atoms with E-state index in [2.05, 4.69) is 0 Å². The van der Waals surface area contributed by atoms with Gasteiger partial charge in [-0.3, -0.25) is 4.79 Å². The van der Waals surface area contributed by atoms with Crippen LogP contribution in [0, 0.1) is 5.82 Å². The van der Waals surface area contributed by atoms with Gasteiger partial charge < -0.3 is 9.47 Å². The zero-order valence-electron chi connectivity index (χ0n) is 12.0. The lowest BCUT2D eigenvalue weighted by Gasteiger charge is -2.14. The molecular weight excluding hydrogens is 271 g/mol. The van der Waals surface area contributed by atoms with Crippen LogP contribution in [0.1, 0.15) is 13.8 Å². The largest absolute Gasteiger partial charge is 0.487 e. The molecule has 0 fully saturated rings. The van der Waals surface area contributed by atoms with Crippen molar-refractivity contribution in [3.63, 3.8) is 0 Å². The topological polar surface area (TPSA) is 35.5 Å². The summed E-state index contributed by atoms with van der Waals surface area (Å²) < 4.78 is 23.4. The molecule has 0 saturated carbocycles. The van der Waals surface area contributed by atoms with Crippen molar-refractivity contribution in [3.05, 3.63) is 54.3 Å². The smallest absolute Gasteiger partial charge is 0.302 e. The van der Waals surface area contributed by atoms with Crippen molar-refractivity contribution in [2.45, 2.75) is 20.0 Å².